The fraction of sp³-hybridized carbons (Fsp3) is 0.500. The number of ether oxygens (including phenoxy) is 1. The van der Waals surface area contributed by atoms with Crippen LogP contribution >= 0.6 is 0 Å². The number of nitrogens with one attached hydrogen (secondary N) is 1. The zero-order chi connectivity index (χ0) is 15.3. The fourth-order valence-electron chi connectivity index (χ4n) is 2.88. The van der Waals surface area contributed by atoms with Gasteiger partial charge in [-0.05, 0) is 18.9 Å². The van der Waals surface area contributed by atoms with Crippen molar-refractivity contribution >= 4 is 11.9 Å². The first kappa shape index (κ1) is 15.4. The first-order chi connectivity index (χ1) is 10.1. The van der Waals surface area contributed by atoms with Gasteiger partial charge < -0.3 is 15.2 Å². The number of carbonyl (C=O) groups is 2. The minimum absolute atomic E-state index is 0.124. The van der Waals surface area contributed by atoms with Gasteiger partial charge in [-0.3, -0.25) is 4.79 Å². The Morgan fingerprint density at radius 2 is 1.90 bits per heavy atom. The van der Waals surface area contributed by atoms with E-state index >= 15 is 0 Å². The van der Waals surface area contributed by atoms with E-state index in [-0.39, 0.29) is 12.3 Å². The van der Waals surface area contributed by atoms with Crippen molar-refractivity contribution in [2.45, 2.75) is 44.1 Å². The van der Waals surface area contributed by atoms with Gasteiger partial charge in [0.25, 0.3) is 0 Å². The molecule has 0 aliphatic heterocycles. The van der Waals surface area contributed by atoms with Crippen molar-refractivity contribution < 1.29 is 19.4 Å². The van der Waals surface area contributed by atoms with E-state index in [9.17, 15) is 14.7 Å². The van der Waals surface area contributed by atoms with Gasteiger partial charge in [-0.1, -0.05) is 37.5 Å². The minimum Gasteiger partial charge on any atom is -0.496 e. The summed E-state index contributed by atoms with van der Waals surface area (Å²) in [6, 6.07) is 7.27. The largest absolute Gasteiger partial charge is 0.496 e. The van der Waals surface area contributed by atoms with Crippen molar-refractivity contribution in [3.8, 4) is 5.75 Å². The Labute approximate surface area is 124 Å². The van der Waals surface area contributed by atoms with Crippen LogP contribution in [0.1, 0.15) is 37.7 Å². The van der Waals surface area contributed by atoms with Crippen LogP contribution in [0.4, 0.5) is 0 Å². The quantitative estimate of drug-likeness (QED) is 0.871. The van der Waals surface area contributed by atoms with Crippen LogP contribution in [0.5, 0.6) is 5.75 Å². The lowest BCUT2D eigenvalue weighted by molar-refractivity contribution is -0.149. The van der Waals surface area contributed by atoms with E-state index in [0.717, 1.165) is 24.8 Å². The molecule has 1 amide bonds. The topological polar surface area (TPSA) is 75.6 Å². The predicted octanol–water partition coefficient (Wildman–Crippen LogP) is 2.14. The van der Waals surface area contributed by atoms with E-state index in [4.69, 9.17) is 4.74 Å². The number of aliphatic carboxylic acids is 1. The molecule has 114 valence electrons. The summed E-state index contributed by atoms with van der Waals surface area (Å²) in [4.78, 5) is 23.8. The lowest BCUT2D eigenvalue weighted by Gasteiger charge is -2.34. The molecule has 1 aromatic carbocycles. The molecule has 1 aromatic rings. The number of carboxylic acids is 1. The van der Waals surface area contributed by atoms with Gasteiger partial charge in [0.2, 0.25) is 5.91 Å². The molecule has 0 heterocycles. The third-order valence-corrected chi connectivity index (χ3v) is 4.04. The van der Waals surface area contributed by atoms with E-state index in [1.54, 1.807) is 13.2 Å². The van der Waals surface area contributed by atoms with Crippen molar-refractivity contribution in [3.05, 3.63) is 29.8 Å². The third-order valence-electron chi connectivity index (χ3n) is 4.04. The summed E-state index contributed by atoms with van der Waals surface area (Å²) in [6.07, 6.45) is 3.82. The van der Waals surface area contributed by atoms with Crippen LogP contribution in [0, 0.1) is 0 Å². The standard InChI is InChI=1S/C16H21NO4/c1-21-13-8-4-3-7-12(13)11-14(18)17-16(15(19)20)9-5-2-6-10-16/h3-4,7-8H,2,5-6,9-11H2,1H3,(H,17,18)(H,19,20). The van der Waals surface area contributed by atoms with Crippen molar-refractivity contribution in [1.29, 1.82) is 0 Å². The second kappa shape index (κ2) is 6.61. The Bertz CT molecular complexity index is 521. The molecule has 2 rings (SSSR count). The van der Waals surface area contributed by atoms with E-state index in [1.807, 2.05) is 18.2 Å². The zero-order valence-corrected chi connectivity index (χ0v) is 12.2. The van der Waals surface area contributed by atoms with E-state index in [2.05, 4.69) is 5.32 Å². The normalized spacial score (nSPS) is 17.0. The number of para-hydroxylation sites is 1. The lowest BCUT2D eigenvalue weighted by Crippen LogP contribution is -2.56. The second-order valence-corrected chi connectivity index (χ2v) is 5.48. The van der Waals surface area contributed by atoms with Crippen LogP contribution in [0.15, 0.2) is 24.3 Å². The van der Waals surface area contributed by atoms with Gasteiger partial charge in [-0.15, -0.1) is 0 Å². The average Bonchev–Trinajstić information content (AvgIpc) is 2.48. The van der Waals surface area contributed by atoms with Crippen LogP contribution in [0.25, 0.3) is 0 Å². The molecule has 5 nitrogen and oxygen atoms in total. The number of carbonyl (C=O) groups excluding carboxylic acids is 1. The van der Waals surface area contributed by atoms with Gasteiger partial charge >= 0.3 is 5.97 Å². The van der Waals surface area contributed by atoms with Gasteiger partial charge in [-0.2, -0.15) is 0 Å². The number of benzene rings is 1. The molecule has 0 unspecified atom stereocenters. The molecule has 0 radical (unpaired) electrons. The summed E-state index contributed by atoms with van der Waals surface area (Å²) in [6.45, 7) is 0. The summed E-state index contributed by atoms with van der Waals surface area (Å²) in [7, 11) is 1.55. The number of hydrogen-bond acceptors (Lipinski definition) is 3. The minimum atomic E-state index is -1.10. The molecular weight excluding hydrogens is 270 g/mol. The SMILES string of the molecule is COc1ccccc1CC(=O)NC1(C(=O)O)CCCCC1. The van der Waals surface area contributed by atoms with Crippen LogP contribution in [0.3, 0.4) is 0 Å². The van der Waals surface area contributed by atoms with E-state index < -0.39 is 11.5 Å². The number of amides is 1. The number of carboxylic acid groups (broad SMARTS) is 1. The maximum absolute atomic E-state index is 12.2. The van der Waals surface area contributed by atoms with Crippen LogP contribution in [0.2, 0.25) is 0 Å². The number of methoxy groups -OCH3 is 1. The predicted molar refractivity (Wildman–Crippen MR) is 78.3 cm³/mol. The smallest absolute Gasteiger partial charge is 0.329 e. The van der Waals surface area contributed by atoms with Crippen molar-refractivity contribution in [2.75, 3.05) is 7.11 Å². The van der Waals surface area contributed by atoms with Gasteiger partial charge in [-0.25, -0.2) is 4.79 Å². The molecule has 1 aliphatic carbocycles. The summed E-state index contributed by atoms with van der Waals surface area (Å²) in [5, 5.41) is 12.2. The first-order valence-electron chi connectivity index (χ1n) is 7.24. The van der Waals surface area contributed by atoms with E-state index in [0.29, 0.717) is 18.6 Å². The molecule has 1 saturated carbocycles. The number of rotatable bonds is 5. The highest BCUT2D eigenvalue weighted by molar-refractivity contribution is 5.88. The molecular formula is C16H21NO4. The van der Waals surface area contributed by atoms with Gasteiger partial charge in [0, 0.05) is 5.56 Å². The highest BCUT2D eigenvalue weighted by atomic mass is 16.5. The average molecular weight is 291 g/mol. The van der Waals surface area contributed by atoms with Crippen LogP contribution in [-0.4, -0.2) is 29.6 Å². The van der Waals surface area contributed by atoms with Gasteiger partial charge in [0.1, 0.15) is 11.3 Å². The van der Waals surface area contributed by atoms with E-state index in [1.165, 1.54) is 0 Å². The summed E-state index contributed by atoms with van der Waals surface area (Å²) >= 11 is 0. The second-order valence-electron chi connectivity index (χ2n) is 5.48. The van der Waals surface area contributed by atoms with Crippen LogP contribution in [-0.2, 0) is 16.0 Å². The lowest BCUT2D eigenvalue weighted by atomic mass is 9.81. The molecule has 0 aromatic heterocycles. The Morgan fingerprint density at radius 3 is 2.52 bits per heavy atom. The molecule has 21 heavy (non-hydrogen) atoms. The maximum atomic E-state index is 12.2. The molecule has 5 heteroatoms. The first-order valence-corrected chi connectivity index (χ1v) is 7.24. The molecule has 0 spiro atoms. The Balaban J connectivity index is 2.07. The summed E-state index contributed by atoms with van der Waals surface area (Å²) < 4.78 is 5.21. The van der Waals surface area contributed by atoms with Crippen molar-refractivity contribution in [1.82, 2.24) is 5.32 Å². The Kier molecular flexibility index (Phi) is 4.83. The molecule has 0 atom stereocenters. The highest BCUT2D eigenvalue weighted by Gasteiger charge is 2.40. The van der Waals surface area contributed by atoms with Crippen LogP contribution < -0.4 is 10.1 Å². The molecule has 2 N–H and O–H groups in total. The molecule has 1 fully saturated rings. The fourth-order valence-corrected chi connectivity index (χ4v) is 2.88. The highest BCUT2D eigenvalue weighted by Crippen LogP contribution is 2.29. The van der Waals surface area contributed by atoms with Crippen molar-refractivity contribution in [2.24, 2.45) is 0 Å². The number of hydrogen-bond donors (Lipinski definition) is 2. The van der Waals surface area contributed by atoms with Crippen molar-refractivity contribution in [3.63, 3.8) is 0 Å². The molecule has 0 bridgehead atoms. The maximum Gasteiger partial charge on any atom is 0.329 e. The monoisotopic (exact) mass is 291 g/mol. The third kappa shape index (κ3) is 3.54. The molecule has 1 aliphatic rings. The summed E-state index contributed by atoms with van der Waals surface area (Å²) in [5.41, 5.74) is -0.342. The Morgan fingerprint density at radius 1 is 1.24 bits per heavy atom. The van der Waals surface area contributed by atoms with Gasteiger partial charge in [0.15, 0.2) is 0 Å². The molecule has 0 saturated heterocycles. The Hall–Kier alpha value is -2.04. The zero-order valence-electron chi connectivity index (χ0n) is 12.2. The van der Waals surface area contributed by atoms with Gasteiger partial charge in [0.05, 0.1) is 13.5 Å². The summed E-state index contributed by atoms with van der Waals surface area (Å²) in [5.74, 6) is -0.569.